The van der Waals surface area contributed by atoms with Crippen LogP contribution >= 0.6 is 0 Å². The Balaban J connectivity index is 1.19. The van der Waals surface area contributed by atoms with E-state index in [2.05, 4.69) is 100 Å². The number of hydrogen-bond donors (Lipinski definition) is 0. The summed E-state index contributed by atoms with van der Waals surface area (Å²) in [6.45, 7) is 0. The Hall–Kier alpha value is -7.39. The van der Waals surface area contributed by atoms with Gasteiger partial charge < -0.3 is 9.13 Å². The maximum atomic E-state index is 10.3. The lowest BCUT2D eigenvalue weighted by atomic mass is 9.94. The Morgan fingerprint density at radius 2 is 1.06 bits per heavy atom. The first kappa shape index (κ1) is 28.8. The van der Waals surface area contributed by atoms with Gasteiger partial charge in [-0.1, -0.05) is 78.9 Å². The van der Waals surface area contributed by atoms with E-state index in [0.717, 1.165) is 77.2 Å². The van der Waals surface area contributed by atoms with E-state index in [0.29, 0.717) is 16.7 Å². The zero-order valence-corrected chi connectivity index (χ0v) is 26.7. The molecule has 0 N–H and O–H groups in total. The molecule has 50 heavy (non-hydrogen) atoms. The summed E-state index contributed by atoms with van der Waals surface area (Å²) < 4.78 is 4.44. The second kappa shape index (κ2) is 11.4. The van der Waals surface area contributed by atoms with Crippen LogP contribution in [0.15, 0.2) is 152 Å². The fourth-order valence-electron chi connectivity index (χ4n) is 7.44. The van der Waals surface area contributed by atoms with E-state index in [-0.39, 0.29) is 0 Å². The van der Waals surface area contributed by atoms with Gasteiger partial charge in [0.05, 0.1) is 62.7 Å². The Bertz CT molecular complexity index is 2960. The maximum Gasteiger partial charge on any atom is 0.0998 e. The second-order valence-corrected chi connectivity index (χ2v) is 12.3. The first-order valence-corrected chi connectivity index (χ1v) is 16.3. The predicted octanol–water partition coefficient (Wildman–Crippen LogP) is 10.8. The molecule has 0 aliphatic heterocycles. The van der Waals surface area contributed by atoms with E-state index in [1.165, 1.54) is 0 Å². The number of aromatic nitrogens is 2. The fraction of sp³-hybridized carbons (Fsp3) is 0. The Morgan fingerprint density at radius 3 is 1.84 bits per heavy atom. The van der Waals surface area contributed by atoms with Crippen molar-refractivity contribution >= 4 is 43.6 Å². The number of hydrogen-bond acceptors (Lipinski definition) is 3. The van der Waals surface area contributed by atoms with Crippen molar-refractivity contribution in [1.29, 1.82) is 15.8 Å². The lowest BCUT2D eigenvalue weighted by Crippen LogP contribution is -1.98. The molecule has 0 fully saturated rings. The van der Waals surface area contributed by atoms with Crippen LogP contribution in [0.2, 0.25) is 0 Å². The molecule has 5 nitrogen and oxygen atoms in total. The highest BCUT2D eigenvalue weighted by molar-refractivity contribution is 6.12. The van der Waals surface area contributed by atoms with Gasteiger partial charge in [-0.15, -0.1) is 0 Å². The number of benzene rings is 7. The van der Waals surface area contributed by atoms with E-state index >= 15 is 0 Å². The number of nitriles is 3. The molecule has 0 bridgehead atoms. The zero-order valence-electron chi connectivity index (χ0n) is 26.7. The van der Waals surface area contributed by atoms with Crippen LogP contribution in [0, 0.1) is 34.0 Å². The Morgan fingerprint density at radius 1 is 0.400 bits per heavy atom. The summed E-state index contributed by atoms with van der Waals surface area (Å²) in [6.07, 6.45) is 0. The molecule has 0 unspecified atom stereocenters. The largest absolute Gasteiger partial charge is 0.309 e. The molecule has 2 heterocycles. The van der Waals surface area contributed by atoms with Crippen LogP contribution in [0.3, 0.4) is 0 Å². The molecule has 2 aromatic heterocycles. The van der Waals surface area contributed by atoms with Gasteiger partial charge in [-0.3, -0.25) is 0 Å². The summed E-state index contributed by atoms with van der Waals surface area (Å²) in [7, 11) is 0. The number of para-hydroxylation sites is 3. The molecule has 7 aromatic carbocycles. The van der Waals surface area contributed by atoms with Gasteiger partial charge >= 0.3 is 0 Å². The molecule has 9 rings (SSSR count). The Labute approximate surface area is 287 Å². The predicted molar refractivity (Wildman–Crippen MR) is 200 cm³/mol. The lowest BCUT2D eigenvalue weighted by Gasteiger charge is -2.16. The van der Waals surface area contributed by atoms with Crippen LogP contribution in [0.25, 0.3) is 77.2 Å². The van der Waals surface area contributed by atoms with Crippen molar-refractivity contribution in [3.05, 3.63) is 168 Å². The average Bonchev–Trinajstić information content (AvgIpc) is 3.70. The van der Waals surface area contributed by atoms with Gasteiger partial charge in [0.1, 0.15) is 0 Å². The Kier molecular flexibility index (Phi) is 6.56. The van der Waals surface area contributed by atoms with E-state index in [1.807, 2.05) is 78.9 Å². The third-order valence-electron chi connectivity index (χ3n) is 9.65. The molecular weight excluding hydrogens is 611 g/mol. The van der Waals surface area contributed by atoms with E-state index in [9.17, 15) is 15.8 Å². The van der Waals surface area contributed by atoms with E-state index < -0.39 is 0 Å². The van der Waals surface area contributed by atoms with Crippen LogP contribution in [0.1, 0.15) is 16.7 Å². The highest BCUT2D eigenvalue weighted by Gasteiger charge is 2.19. The van der Waals surface area contributed by atoms with Gasteiger partial charge in [0, 0.05) is 38.4 Å². The smallest absolute Gasteiger partial charge is 0.0998 e. The van der Waals surface area contributed by atoms with Crippen LogP contribution in [0.5, 0.6) is 0 Å². The van der Waals surface area contributed by atoms with Crippen molar-refractivity contribution in [3.8, 4) is 51.8 Å². The summed E-state index contributed by atoms with van der Waals surface area (Å²) in [5, 5.41) is 33.9. The fourth-order valence-corrected chi connectivity index (χ4v) is 7.44. The van der Waals surface area contributed by atoms with Gasteiger partial charge in [0.15, 0.2) is 0 Å². The summed E-state index contributed by atoms with van der Waals surface area (Å²) in [6, 6.07) is 57.8. The van der Waals surface area contributed by atoms with Crippen LogP contribution in [-0.4, -0.2) is 9.13 Å². The van der Waals surface area contributed by atoms with Gasteiger partial charge in [-0.05, 0) is 83.9 Å². The standard InChI is InChI=1S/C45H25N5/c46-26-29-16-23-43-39(24-29)36-10-2-5-13-41(36)50(43)40-12-4-1-9-35(40)38-25-31(17-18-32(38)27-47)30-19-21-34(22-20-30)49-42-14-6-3-11-37(42)45-33(28-48)8-7-15-44(45)49/h1-25H. The molecule has 0 saturated carbocycles. The molecule has 0 saturated heterocycles. The molecule has 9 aromatic rings. The van der Waals surface area contributed by atoms with Crippen molar-refractivity contribution in [2.45, 2.75) is 0 Å². The van der Waals surface area contributed by atoms with Crippen LogP contribution in [-0.2, 0) is 0 Å². The van der Waals surface area contributed by atoms with Gasteiger partial charge in [-0.2, -0.15) is 15.8 Å². The first-order valence-electron chi connectivity index (χ1n) is 16.3. The second-order valence-electron chi connectivity index (χ2n) is 12.3. The lowest BCUT2D eigenvalue weighted by molar-refractivity contribution is 1.18. The third kappa shape index (κ3) is 4.31. The van der Waals surface area contributed by atoms with Gasteiger partial charge in [0.2, 0.25) is 0 Å². The summed E-state index contributed by atoms with van der Waals surface area (Å²) in [5.74, 6) is 0. The van der Waals surface area contributed by atoms with Crippen LogP contribution in [0.4, 0.5) is 0 Å². The molecule has 0 radical (unpaired) electrons. The minimum Gasteiger partial charge on any atom is -0.309 e. The monoisotopic (exact) mass is 635 g/mol. The summed E-state index contributed by atoms with van der Waals surface area (Å²) in [4.78, 5) is 0. The minimum atomic E-state index is 0.587. The summed E-state index contributed by atoms with van der Waals surface area (Å²) in [5.41, 5.74) is 11.7. The molecule has 0 aliphatic carbocycles. The molecule has 230 valence electrons. The van der Waals surface area contributed by atoms with E-state index in [4.69, 9.17) is 0 Å². The third-order valence-corrected chi connectivity index (χ3v) is 9.65. The quantitative estimate of drug-likeness (QED) is 0.193. The number of rotatable bonds is 4. The van der Waals surface area contributed by atoms with Gasteiger partial charge in [-0.25, -0.2) is 0 Å². The molecule has 0 amide bonds. The van der Waals surface area contributed by atoms with E-state index in [1.54, 1.807) is 0 Å². The van der Waals surface area contributed by atoms with Crippen molar-refractivity contribution in [3.63, 3.8) is 0 Å². The summed E-state index contributed by atoms with van der Waals surface area (Å²) >= 11 is 0. The normalized spacial score (nSPS) is 11.1. The highest BCUT2D eigenvalue weighted by atomic mass is 15.0. The number of nitrogens with zero attached hydrogens (tertiary/aromatic N) is 5. The molecule has 0 spiro atoms. The van der Waals surface area contributed by atoms with Crippen molar-refractivity contribution in [2.75, 3.05) is 0 Å². The average molecular weight is 636 g/mol. The zero-order chi connectivity index (χ0) is 33.8. The number of fused-ring (bicyclic) bond motifs is 6. The topological polar surface area (TPSA) is 81.2 Å². The molecule has 0 aliphatic rings. The molecule has 0 atom stereocenters. The highest BCUT2D eigenvalue weighted by Crippen LogP contribution is 2.39. The van der Waals surface area contributed by atoms with Crippen molar-refractivity contribution < 1.29 is 0 Å². The van der Waals surface area contributed by atoms with Gasteiger partial charge in [0.25, 0.3) is 0 Å². The maximum absolute atomic E-state index is 10.3. The first-order chi connectivity index (χ1) is 24.7. The minimum absolute atomic E-state index is 0.587. The van der Waals surface area contributed by atoms with Crippen molar-refractivity contribution in [1.82, 2.24) is 9.13 Å². The van der Waals surface area contributed by atoms with Crippen molar-refractivity contribution in [2.24, 2.45) is 0 Å². The SMILES string of the molecule is N#Cc1ccc2c(c1)c1ccccc1n2-c1ccccc1-c1cc(-c2ccc(-n3c4ccccc4c4c(C#N)cccc43)cc2)ccc1C#N. The molecule has 5 heteroatoms. The molecular formula is C45H25N5. The van der Waals surface area contributed by atoms with Crippen LogP contribution < -0.4 is 0 Å².